The minimum absolute atomic E-state index is 0.0325. The standard InChI is InChI=1S/C16H14O4/c17-7-12-4-10-3-9-1-2-15(19)14(8-18)13(9)5-11(10)6-16(12)20/h1-6,17-20H,7-8H2. The first kappa shape index (κ1) is 12.7. The van der Waals surface area contributed by atoms with Crippen LogP contribution in [0.25, 0.3) is 21.5 Å². The Labute approximate surface area is 115 Å². The molecule has 3 aromatic carbocycles. The average molecular weight is 270 g/mol. The highest BCUT2D eigenvalue weighted by atomic mass is 16.3. The second-order valence-corrected chi connectivity index (χ2v) is 4.78. The number of aliphatic hydroxyl groups excluding tert-OH is 2. The predicted octanol–water partition coefficient (Wildman–Crippen LogP) is 2.39. The minimum Gasteiger partial charge on any atom is -0.508 e. The number of benzene rings is 3. The van der Waals surface area contributed by atoms with Gasteiger partial charge in [-0.1, -0.05) is 6.07 Å². The number of hydrogen-bond acceptors (Lipinski definition) is 4. The van der Waals surface area contributed by atoms with E-state index >= 15 is 0 Å². The summed E-state index contributed by atoms with van der Waals surface area (Å²) in [7, 11) is 0. The molecule has 20 heavy (non-hydrogen) atoms. The van der Waals surface area contributed by atoms with Crippen molar-refractivity contribution < 1.29 is 20.4 Å². The zero-order valence-corrected chi connectivity index (χ0v) is 10.7. The Balaban J connectivity index is 2.40. The molecule has 0 unspecified atom stereocenters. The van der Waals surface area contributed by atoms with E-state index < -0.39 is 0 Å². The molecule has 0 amide bonds. The van der Waals surface area contributed by atoms with E-state index in [1.807, 2.05) is 12.1 Å². The first-order valence-corrected chi connectivity index (χ1v) is 6.26. The highest BCUT2D eigenvalue weighted by Gasteiger charge is 2.09. The van der Waals surface area contributed by atoms with Gasteiger partial charge < -0.3 is 20.4 Å². The van der Waals surface area contributed by atoms with Crippen LogP contribution in [0.4, 0.5) is 0 Å². The van der Waals surface area contributed by atoms with E-state index in [4.69, 9.17) is 0 Å². The maximum Gasteiger partial charge on any atom is 0.121 e. The van der Waals surface area contributed by atoms with E-state index in [-0.39, 0.29) is 24.7 Å². The molecule has 4 N–H and O–H groups in total. The molecule has 0 saturated heterocycles. The molecule has 4 nitrogen and oxygen atoms in total. The van der Waals surface area contributed by atoms with Gasteiger partial charge in [-0.25, -0.2) is 0 Å². The zero-order chi connectivity index (χ0) is 14.3. The number of rotatable bonds is 2. The van der Waals surface area contributed by atoms with Gasteiger partial charge in [-0.05, 0) is 51.9 Å². The Morgan fingerprint density at radius 2 is 1.45 bits per heavy atom. The van der Waals surface area contributed by atoms with Crippen molar-refractivity contribution >= 4 is 21.5 Å². The fourth-order valence-corrected chi connectivity index (χ4v) is 2.50. The molecule has 0 spiro atoms. The molecular weight excluding hydrogens is 256 g/mol. The number of phenols is 2. The maximum absolute atomic E-state index is 9.80. The highest BCUT2D eigenvalue weighted by Crippen LogP contribution is 2.33. The Hall–Kier alpha value is -2.30. The van der Waals surface area contributed by atoms with Crippen LogP contribution in [0, 0.1) is 0 Å². The lowest BCUT2D eigenvalue weighted by Crippen LogP contribution is -1.89. The Morgan fingerprint density at radius 3 is 2.15 bits per heavy atom. The quantitative estimate of drug-likeness (QED) is 0.539. The van der Waals surface area contributed by atoms with E-state index in [0.29, 0.717) is 11.1 Å². The van der Waals surface area contributed by atoms with Gasteiger partial charge in [0, 0.05) is 11.1 Å². The van der Waals surface area contributed by atoms with Gasteiger partial charge in [-0.15, -0.1) is 0 Å². The van der Waals surface area contributed by atoms with Crippen LogP contribution in [0.1, 0.15) is 11.1 Å². The van der Waals surface area contributed by atoms with Crippen LogP contribution >= 0.6 is 0 Å². The summed E-state index contributed by atoms with van der Waals surface area (Å²) in [4.78, 5) is 0. The molecule has 0 heterocycles. The average Bonchev–Trinajstić information content (AvgIpc) is 2.45. The minimum atomic E-state index is -0.255. The van der Waals surface area contributed by atoms with Crippen molar-refractivity contribution in [1.82, 2.24) is 0 Å². The summed E-state index contributed by atoms with van der Waals surface area (Å²) < 4.78 is 0. The van der Waals surface area contributed by atoms with Gasteiger partial charge in [-0.2, -0.15) is 0 Å². The van der Waals surface area contributed by atoms with E-state index in [0.717, 1.165) is 21.5 Å². The molecule has 102 valence electrons. The summed E-state index contributed by atoms with van der Waals surface area (Å²) in [5.74, 6) is 0.0839. The SMILES string of the molecule is OCc1cc2cc3ccc(O)c(CO)c3cc2cc1O. The Morgan fingerprint density at radius 1 is 0.700 bits per heavy atom. The Kier molecular flexibility index (Phi) is 2.97. The van der Waals surface area contributed by atoms with Crippen molar-refractivity contribution in [2.24, 2.45) is 0 Å². The molecule has 0 bridgehead atoms. The molecule has 3 aromatic rings. The van der Waals surface area contributed by atoms with E-state index in [1.54, 1.807) is 24.3 Å². The monoisotopic (exact) mass is 270 g/mol. The Bertz CT molecular complexity index is 808. The van der Waals surface area contributed by atoms with Crippen molar-refractivity contribution in [3.8, 4) is 11.5 Å². The number of aromatic hydroxyl groups is 2. The van der Waals surface area contributed by atoms with Crippen LogP contribution in [0.2, 0.25) is 0 Å². The van der Waals surface area contributed by atoms with E-state index in [1.165, 1.54) is 0 Å². The van der Waals surface area contributed by atoms with Gasteiger partial charge in [-0.3, -0.25) is 0 Å². The normalized spacial score (nSPS) is 11.3. The summed E-state index contributed by atoms with van der Waals surface area (Å²) in [6.07, 6.45) is 0. The molecule has 3 rings (SSSR count). The van der Waals surface area contributed by atoms with Crippen molar-refractivity contribution in [3.05, 3.63) is 47.5 Å². The van der Waals surface area contributed by atoms with Gasteiger partial charge in [0.2, 0.25) is 0 Å². The molecule has 0 atom stereocenters. The van der Waals surface area contributed by atoms with Gasteiger partial charge in [0.1, 0.15) is 11.5 Å². The number of fused-ring (bicyclic) bond motifs is 2. The van der Waals surface area contributed by atoms with Crippen LogP contribution < -0.4 is 0 Å². The highest BCUT2D eigenvalue weighted by molar-refractivity contribution is 6.01. The fourth-order valence-electron chi connectivity index (χ4n) is 2.50. The van der Waals surface area contributed by atoms with Crippen LogP contribution in [-0.4, -0.2) is 20.4 Å². The molecule has 0 fully saturated rings. The lowest BCUT2D eigenvalue weighted by atomic mass is 9.98. The molecule has 0 aliphatic heterocycles. The van der Waals surface area contributed by atoms with Crippen LogP contribution in [-0.2, 0) is 13.2 Å². The van der Waals surface area contributed by atoms with Crippen LogP contribution in [0.15, 0.2) is 36.4 Å². The second-order valence-electron chi connectivity index (χ2n) is 4.78. The van der Waals surface area contributed by atoms with Gasteiger partial charge in [0.25, 0.3) is 0 Å². The topological polar surface area (TPSA) is 80.9 Å². The summed E-state index contributed by atoms with van der Waals surface area (Å²) in [6, 6.07) is 10.3. The maximum atomic E-state index is 9.80. The van der Waals surface area contributed by atoms with Crippen molar-refractivity contribution in [3.63, 3.8) is 0 Å². The molecule has 0 radical (unpaired) electrons. The first-order valence-electron chi connectivity index (χ1n) is 6.26. The molecule has 0 aromatic heterocycles. The van der Waals surface area contributed by atoms with Gasteiger partial charge in [0.05, 0.1) is 13.2 Å². The number of hydrogen-bond donors (Lipinski definition) is 4. The fraction of sp³-hybridized carbons (Fsp3) is 0.125. The van der Waals surface area contributed by atoms with Crippen molar-refractivity contribution in [2.45, 2.75) is 13.2 Å². The first-order chi connectivity index (χ1) is 9.63. The molecular formula is C16H14O4. The summed E-state index contributed by atoms with van der Waals surface area (Å²) in [5.41, 5.74) is 0.938. The zero-order valence-electron chi connectivity index (χ0n) is 10.7. The summed E-state index contributed by atoms with van der Waals surface area (Å²) in [5, 5.41) is 41.4. The van der Waals surface area contributed by atoms with Crippen molar-refractivity contribution in [1.29, 1.82) is 0 Å². The largest absolute Gasteiger partial charge is 0.508 e. The third kappa shape index (κ3) is 1.86. The van der Waals surface area contributed by atoms with Gasteiger partial charge in [0.15, 0.2) is 0 Å². The smallest absolute Gasteiger partial charge is 0.121 e. The molecule has 0 aliphatic carbocycles. The van der Waals surface area contributed by atoms with Gasteiger partial charge >= 0.3 is 0 Å². The van der Waals surface area contributed by atoms with E-state index in [2.05, 4.69) is 0 Å². The van der Waals surface area contributed by atoms with E-state index in [9.17, 15) is 20.4 Å². The molecule has 0 saturated carbocycles. The predicted molar refractivity (Wildman–Crippen MR) is 76.6 cm³/mol. The number of aliphatic hydroxyl groups is 2. The second kappa shape index (κ2) is 4.67. The molecule has 0 aliphatic rings. The van der Waals surface area contributed by atoms with Crippen LogP contribution in [0.3, 0.4) is 0 Å². The summed E-state index contributed by atoms with van der Waals surface area (Å²) >= 11 is 0. The van der Waals surface area contributed by atoms with Crippen molar-refractivity contribution in [2.75, 3.05) is 0 Å². The molecule has 4 heteroatoms. The lowest BCUT2D eigenvalue weighted by molar-refractivity contribution is 0.276. The third-order valence-corrected chi connectivity index (χ3v) is 3.59. The lowest BCUT2D eigenvalue weighted by Gasteiger charge is -2.10. The van der Waals surface area contributed by atoms with Crippen LogP contribution in [0.5, 0.6) is 11.5 Å². The summed E-state index contributed by atoms with van der Waals surface area (Å²) in [6.45, 7) is -0.479. The third-order valence-electron chi connectivity index (χ3n) is 3.59.